The van der Waals surface area contributed by atoms with Crippen molar-refractivity contribution in [2.45, 2.75) is 78.2 Å². The second kappa shape index (κ2) is 5.34. The van der Waals surface area contributed by atoms with E-state index < -0.39 is 17.0 Å². The second-order valence-corrected chi connectivity index (χ2v) is 9.13. The first kappa shape index (κ1) is 17.0. The summed E-state index contributed by atoms with van der Waals surface area (Å²) in [5, 5.41) is 20.7. The SMILES string of the molecule is CC(C)[C@@]1(O)C=C2CC[C@@H]3[C@](C)(CCC[C@@]3(C)C(=O)O)[C@H]2CC1. The molecule has 0 unspecified atom stereocenters. The fourth-order valence-electron chi connectivity index (χ4n) is 6.05. The van der Waals surface area contributed by atoms with E-state index >= 15 is 0 Å². The van der Waals surface area contributed by atoms with Crippen molar-refractivity contribution in [2.75, 3.05) is 0 Å². The lowest BCUT2D eigenvalue weighted by molar-refractivity contribution is -0.165. The van der Waals surface area contributed by atoms with Crippen molar-refractivity contribution in [1.29, 1.82) is 0 Å². The van der Waals surface area contributed by atoms with Crippen LogP contribution in [0.3, 0.4) is 0 Å². The molecule has 3 rings (SSSR count). The molecule has 0 amide bonds. The monoisotopic (exact) mass is 320 g/mol. The number of allylic oxidation sites excluding steroid dienone is 1. The Morgan fingerprint density at radius 2 is 1.91 bits per heavy atom. The van der Waals surface area contributed by atoms with Crippen molar-refractivity contribution >= 4 is 5.97 Å². The van der Waals surface area contributed by atoms with Crippen LogP contribution >= 0.6 is 0 Å². The van der Waals surface area contributed by atoms with Gasteiger partial charge in [-0.3, -0.25) is 4.79 Å². The number of carbonyl (C=O) groups is 1. The number of rotatable bonds is 2. The average molecular weight is 320 g/mol. The van der Waals surface area contributed by atoms with Crippen LogP contribution in [-0.2, 0) is 4.79 Å². The highest BCUT2D eigenvalue weighted by molar-refractivity contribution is 5.75. The van der Waals surface area contributed by atoms with Gasteiger partial charge in [-0.1, -0.05) is 38.8 Å². The number of aliphatic carboxylic acids is 1. The highest BCUT2D eigenvalue weighted by Gasteiger charge is 2.58. The van der Waals surface area contributed by atoms with Gasteiger partial charge in [0.2, 0.25) is 0 Å². The third-order valence-corrected chi connectivity index (χ3v) is 7.70. The van der Waals surface area contributed by atoms with Gasteiger partial charge in [0.05, 0.1) is 11.0 Å². The van der Waals surface area contributed by atoms with E-state index in [-0.39, 0.29) is 17.3 Å². The summed E-state index contributed by atoms with van der Waals surface area (Å²) >= 11 is 0. The molecule has 3 nitrogen and oxygen atoms in total. The molecule has 0 aliphatic heterocycles. The van der Waals surface area contributed by atoms with E-state index in [0.29, 0.717) is 5.92 Å². The van der Waals surface area contributed by atoms with E-state index in [2.05, 4.69) is 26.8 Å². The Morgan fingerprint density at radius 3 is 2.52 bits per heavy atom. The lowest BCUT2D eigenvalue weighted by Crippen LogP contribution is -2.55. The molecule has 0 aromatic rings. The molecule has 0 spiro atoms. The smallest absolute Gasteiger partial charge is 0.309 e. The topological polar surface area (TPSA) is 57.5 Å². The zero-order valence-electron chi connectivity index (χ0n) is 15.1. The molecular weight excluding hydrogens is 288 g/mol. The maximum atomic E-state index is 12.0. The van der Waals surface area contributed by atoms with Gasteiger partial charge in [-0.15, -0.1) is 0 Å². The molecule has 0 radical (unpaired) electrons. The standard InChI is InChI=1S/C20H32O3/c1-13(2)20(23)11-8-15-14(12-20)6-7-16-18(15,3)9-5-10-19(16,4)17(21)22/h12-13,15-16,23H,5-11H2,1-4H3,(H,21,22)/t15-,16+,18+,19+,20-/m0/s1. The van der Waals surface area contributed by atoms with Crippen molar-refractivity contribution in [3.05, 3.63) is 11.6 Å². The molecule has 5 atom stereocenters. The molecule has 3 aliphatic carbocycles. The third kappa shape index (κ3) is 2.38. The van der Waals surface area contributed by atoms with Crippen molar-refractivity contribution < 1.29 is 15.0 Å². The minimum atomic E-state index is -0.667. The summed E-state index contributed by atoms with van der Waals surface area (Å²) in [5.74, 6) is 0.334. The van der Waals surface area contributed by atoms with Crippen LogP contribution in [0.25, 0.3) is 0 Å². The Bertz CT molecular complexity index is 537. The summed E-state index contributed by atoms with van der Waals surface area (Å²) in [6, 6.07) is 0. The van der Waals surface area contributed by atoms with Gasteiger partial charge in [-0.05, 0) is 68.6 Å². The molecule has 3 heteroatoms. The number of carboxylic acids is 1. The zero-order chi connectivity index (χ0) is 17.0. The van der Waals surface area contributed by atoms with Crippen LogP contribution < -0.4 is 0 Å². The summed E-state index contributed by atoms with van der Waals surface area (Å²) in [4.78, 5) is 12.0. The van der Waals surface area contributed by atoms with Gasteiger partial charge in [0.15, 0.2) is 0 Å². The molecular formula is C20H32O3. The second-order valence-electron chi connectivity index (χ2n) is 9.13. The van der Waals surface area contributed by atoms with Gasteiger partial charge in [-0.25, -0.2) is 0 Å². The summed E-state index contributed by atoms with van der Waals surface area (Å²) < 4.78 is 0. The first-order valence-electron chi connectivity index (χ1n) is 9.31. The van der Waals surface area contributed by atoms with E-state index in [1.165, 1.54) is 5.57 Å². The van der Waals surface area contributed by atoms with E-state index in [1.54, 1.807) is 0 Å². The summed E-state index contributed by atoms with van der Waals surface area (Å²) in [6.45, 7) is 8.48. The molecule has 2 saturated carbocycles. The number of carboxylic acid groups (broad SMARTS) is 1. The molecule has 0 heterocycles. The summed E-state index contributed by atoms with van der Waals surface area (Å²) in [7, 11) is 0. The van der Waals surface area contributed by atoms with Gasteiger partial charge in [0.1, 0.15) is 0 Å². The predicted octanol–water partition coefficient (Wildman–Crippen LogP) is 4.40. The van der Waals surface area contributed by atoms with Crippen molar-refractivity contribution in [3.63, 3.8) is 0 Å². The van der Waals surface area contributed by atoms with Gasteiger partial charge in [0, 0.05) is 0 Å². The molecule has 2 fully saturated rings. The quantitative estimate of drug-likeness (QED) is 0.741. The molecule has 130 valence electrons. The molecule has 0 aromatic heterocycles. The van der Waals surface area contributed by atoms with E-state index in [1.807, 2.05) is 6.92 Å². The summed E-state index contributed by atoms with van der Waals surface area (Å²) in [6.07, 6.45) is 8.83. The van der Waals surface area contributed by atoms with Gasteiger partial charge in [-0.2, -0.15) is 0 Å². The maximum Gasteiger partial charge on any atom is 0.309 e. The Balaban J connectivity index is 1.97. The fourth-order valence-corrected chi connectivity index (χ4v) is 6.05. The van der Waals surface area contributed by atoms with Crippen LogP contribution in [0.1, 0.15) is 72.6 Å². The molecule has 2 N–H and O–H groups in total. The Kier molecular flexibility index (Phi) is 3.95. The maximum absolute atomic E-state index is 12.0. The van der Waals surface area contributed by atoms with Crippen LogP contribution in [0.15, 0.2) is 11.6 Å². The minimum absolute atomic E-state index is 0.0772. The van der Waals surface area contributed by atoms with Crippen LogP contribution in [0, 0.1) is 28.6 Å². The number of hydrogen-bond acceptors (Lipinski definition) is 2. The number of hydrogen-bond donors (Lipinski definition) is 2. The zero-order valence-corrected chi connectivity index (χ0v) is 15.1. The Morgan fingerprint density at radius 1 is 1.22 bits per heavy atom. The van der Waals surface area contributed by atoms with E-state index in [4.69, 9.17) is 0 Å². The Labute approximate surface area is 140 Å². The average Bonchev–Trinajstić information content (AvgIpc) is 2.46. The first-order valence-corrected chi connectivity index (χ1v) is 9.31. The minimum Gasteiger partial charge on any atom is -0.481 e. The molecule has 3 aliphatic rings. The van der Waals surface area contributed by atoms with Crippen LogP contribution in [-0.4, -0.2) is 21.8 Å². The third-order valence-electron chi connectivity index (χ3n) is 7.70. The Hall–Kier alpha value is -0.830. The highest BCUT2D eigenvalue weighted by Crippen LogP contribution is 2.63. The lowest BCUT2D eigenvalue weighted by atomic mass is 9.45. The normalized spacial score (nSPS) is 46.8. The van der Waals surface area contributed by atoms with Gasteiger partial charge >= 0.3 is 5.97 Å². The molecule has 0 saturated heterocycles. The fraction of sp³-hybridized carbons (Fsp3) is 0.850. The van der Waals surface area contributed by atoms with Crippen LogP contribution in [0.4, 0.5) is 0 Å². The molecule has 0 aromatic carbocycles. The highest BCUT2D eigenvalue weighted by atomic mass is 16.4. The van der Waals surface area contributed by atoms with Gasteiger partial charge < -0.3 is 10.2 Å². The largest absolute Gasteiger partial charge is 0.481 e. The van der Waals surface area contributed by atoms with Crippen molar-refractivity contribution in [1.82, 2.24) is 0 Å². The van der Waals surface area contributed by atoms with Crippen LogP contribution in [0.5, 0.6) is 0 Å². The van der Waals surface area contributed by atoms with Crippen LogP contribution in [0.2, 0.25) is 0 Å². The summed E-state index contributed by atoms with van der Waals surface area (Å²) in [5.41, 5.74) is 0.235. The lowest BCUT2D eigenvalue weighted by Gasteiger charge is -2.59. The van der Waals surface area contributed by atoms with E-state index in [0.717, 1.165) is 44.9 Å². The van der Waals surface area contributed by atoms with Crippen molar-refractivity contribution in [2.24, 2.45) is 28.6 Å². The number of aliphatic hydroxyl groups is 1. The first-order chi connectivity index (χ1) is 10.6. The van der Waals surface area contributed by atoms with E-state index in [9.17, 15) is 15.0 Å². The molecule has 23 heavy (non-hydrogen) atoms. The molecule has 0 bridgehead atoms. The number of fused-ring (bicyclic) bond motifs is 3. The predicted molar refractivity (Wildman–Crippen MR) is 91.0 cm³/mol. The van der Waals surface area contributed by atoms with Gasteiger partial charge in [0.25, 0.3) is 0 Å². The van der Waals surface area contributed by atoms with Crippen molar-refractivity contribution in [3.8, 4) is 0 Å².